The molecule has 0 spiro atoms. The van der Waals surface area contributed by atoms with Gasteiger partial charge in [0.2, 0.25) is 0 Å². The Kier molecular flexibility index (Phi) is 3.26. The molecule has 0 aromatic heterocycles. The molecule has 2 atom stereocenters. The smallest absolute Gasteiger partial charge is 0.308 e. The molecule has 0 saturated carbocycles. The van der Waals surface area contributed by atoms with Gasteiger partial charge in [-0.2, -0.15) is 0 Å². The highest BCUT2D eigenvalue weighted by Gasteiger charge is 2.37. The molecular weight excluding hydrogens is 240 g/mol. The molecule has 4 nitrogen and oxygen atoms in total. The summed E-state index contributed by atoms with van der Waals surface area (Å²) in [5.74, 6) is -1.15. The summed E-state index contributed by atoms with van der Waals surface area (Å²) in [6.07, 6.45) is 0. The van der Waals surface area contributed by atoms with Gasteiger partial charge in [0.25, 0.3) is 0 Å². The molecule has 0 aliphatic carbocycles. The first kappa shape index (κ1) is 12.2. The van der Waals surface area contributed by atoms with E-state index in [-0.39, 0.29) is 11.8 Å². The fraction of sp³-hybridized carbons (Fsp3) is 0.417. The summed E-state index contributed by atoms with van der Waals surface area (Å²) in [6, 6.07) is 5.37. The van der Waals surface area contributed by atoms with E-state index < -0.39 is 5.97 Å². The highest BCUT2D eigenvalue weighted by molar-refractivity contribution is 6.33. The van der Waals surface area contributed by atoms with Crippen molar-refractivity contribution in [2.75, 3.05) is 25.9 Å². The Morgan fingerprint density at radius 3 is 2.82 bits per heavy atom. The molecule has 1 saturated heterocycles. The average Bonchev–Trinajstić information content (AvgIpc) is 2.64. The summed E-state index contributed by atoms with van der Waals surface area (Å²) >= 11 is 5.86. The molecule has 5 heteroatoms. The Morgan fingerprint density at radius 2 is 2.24 bits per heavy atom. The number of nitrogen functional groups attached to an aromatic ring is 1. The lowest BCUT2D eigenvalue weighted by molar-refractivity contribution is -0.141. The van der Waals surface area contributed by atoms with Crippen molar-refractivity contribution >= 4 is 23.3 Å². The first-order valence-electron chi connectivity index (χ1n) is 5.45. The summed E-state index contributed by atoms with van der Waals surface area (Å²) in [7, 11) is 1.93. The van der Waals surface area contributed by atoms with Crippen molar-refractivity contribution in [1.29, 1.82) is 0 Å². The SMILES string of the molecule is CN1CC(C(=O)O)C(c2ccc(Cl)c(N)c2)C1. The van der Waals surface area contributed by atoms with Gasteiger partial charge in [0.05, 0.1) is 16.6 Å². The Balaban J connectivity index is 2.31. The second-order valence-corrected chi connectivity index (χ2v) is 4.96. The number of likely N-dealkylation sites (N-methyl/N-ethyl adjacent to an activating group) is 1. The molecule has 2 unspecified atom stereocenters. The number of nitrogens with two attached hydrogens (primary N) is 1. The van der Waals surface area contributed by atoms with Crippen molar-refractivity contribution in [3.63, 3.8) is 0 Å². The standard InChI is InChI=1S/C12H15ClN2O2/c1-15-5-8(9(6-15)12(16)17)7-2-3-10(13)11(14)4-7/h2-4,8-9H,5-6,14H2,1H3,(H,16,17). The predicted octanol–water partition coefficient (Wildman–Crippen LogP) is 1.65. The maximum atomic E-state index is 11.2. The largest absolute Gasteiger partial charge is 0.481 e. The van der Waals surface area contributed by atoms with Crippen molar-refractivity contribution in [2.45, 2.75) is 5.92 Å². The average molecular weight is 255 g/mol. The first-order valence-corrected chi connectivity index (χ1v) is 5.83. The fourth-order valence-electron chi connectivity index (χ4n) is 2.38. The second-order valence-electron chi connectivity index (χ2n) is 4.55. The number of benzene rings is 1. The van der Waals surface area contributed by atoms with Crippen molar-refractivity contribution < 1.29 is 9.90 Å². The molecule has 0 bridgehead atoms. The van der Waals surface area contributed by atoms with Crippen LogP contribution in [-0.2, 0) is 4.79 Å². The predicted molar refractivity (Wildman–Crippen MR) is 67.2 cm³/mol. The van der Waals surface area contributed by atoms with Crippen molar-refractivity contribution in [3.05, 3.63) is 28.8 Å². The first-order chi connectivity index (χ1) is 7.99. The van der Waals surface area contributed by atoms with E-state index in [0.29, 0.717) is 17.3 Å². The minimum absolute atomic E-state index is 0.0166. The van der Waals surface area contributed by atoms with Gasteiger partial charge in [0, 0.05) is 19.0 Å². The monoisotopic (exact) mass is 254 g/mol. The van der Waals surface area contributed by atoms with Gasteiger partial charge in [-0.05, 0) is 24.7 Å². The second kappa shape index (κ2) is 4.55. The number of rotatable bonds is 2. The van der Waals surface area contributed by atoms with E-state index in [1.807, 2.05) is 18.0 Å². The summed E-state index contributed by atoms with van der Waals surface area (Å²) in [5, 5.41) is 9.71. The van der Waals surface area contributed by atoms with Gasteiger partial charge in [-0.25, -0.2) is 0 Å². The molecule has 92 valence electrons. The van der Waals surface area contributed by atoms with Crippen LogP contribution in [0.5, 0.6) is 0 Å². The third kappa shape index (κ3) is 2.37. The Labute approximate surface area is 105 Å². The molecule has 1 aromatic carbocycles. The van der Waals surface area contributed by atoms with Crippen LogP contribution in [0.15, 0.2) is 18.2 Å². The minimum Gasteiger partial charge on any atom is -0.481 e. The number of halogens is 1. The summed E-state index contributed by atoms with van der Waals surface area (Å²) in [4.78, 5) is 13.2. The maximum absolute atomic E-state index is 11.2. The quantitative estimate of drug-likeness (QED) is 0.788. The third-order valence-corrected chi connectivity index (χ3v) is 3.61. The Hall–Kier alpha value is -1.26. The Morgan fingerprint density at radius 1 is 1.53 bits per heavy atom. The number of hydrogen-bond donors (Lipinski definition) is 2. The van der Waals surface area contributed by atoms with Gasteiger partial charge in [-0.3, -0.25) is 4.79 Å². The highest BCUT2D eigenvalue weighted by Crippen LogP contribution is 2.34. The lowest BCUT2D eigenvalue weighted by Crippen LogP contribution is -2.21. The number of anilines is 1. The van der Waals surface area contributed by atoms with Gasteiger partial charge >= 0.3 is 5.97 Å². The van der Waals surface area contributed by atoms with Crippen LogP contribution in [0.3, 0.4) is 0 Å². The molecule has 2 rings (SSSR count). The van der Waals surface area contributed by atoms with Crippen LogP contribution in [-0.4, -0.2) is 36.1 Å². The van der Waals surface area contributed by atoms with E-state index in [0.717, 1.165) is 12.1 Å². The number of carboxylic acid groups (broad SMARTS) is 1. The number of carbonyl (C=O) groups is 1. The van der Waals surface area contributed by atoms with Crippen LogP contribution in [0.2, 0.25) is 5.02 Å². The third-order valence-electron chi connectivity index (χ3n) is 3.27. The van der Waals surface area contributed by atoms with Crippen LogP contribution in [0.4, 0.5) is 5.69 Å². The normalized spacial score (nSPS) is 25.1. The lowest BCUT2D eigenvalue weighted by Gasteiger charge is -2.15. The van der Waals surface area contributed by atoms with Crippen LogP contribution in [0.25, 0.3) is 0 Å². The van der Waals surface area contributed by atoms with E-state index in [2.05, 4.69) is 0 Å². The zero-order chi connectivity index (χ0) is 12.6. The zero-order valence-electron chi connectivity index (χ0n) is 9.56. The summed E-state index contributed by atoms with van der Waals surface area (Å²) < 4.78 is 0. The van der Waals surface area contributed by atoms with E-state index >= 15 is 0 Å². The van der Waals surface area contributed by atoms with Gasteiger partial charge in [-0.15, -0.1) is 0 Å². The van der Waals surface area contributed by atoms with E-state index in [4.69, 9.17) is 17.3 Å². The molecule has 0 radical (unpaired) electrons. The van der Waals surface area contributed by atoms with E-state index in [9.17, 15) is 9.90 Å². The van der Waals surface area contributed by atoms with Crippen LogP contribution in [0.1, 0.15) is 11.5 Å². The molecule has 1 aliphatic rings. The molecule has 1 aromatic rings. The molecule has 0 amide bonds. The molecule has 17 heavy (non-hydrogen) atoms. The topological polar surface area (TPSA) is 66.6 Å². The van der Waals surface area contributed by atoms with Crippen LogP contribution >= 0.6 is 11.6 Å². The molecule has 1 aliphatic heterocycles. The summed E-state index contributed by atoms with van der Waals surface area (Å²) in [6.45, 7) is 1.31. The van der Waals surface area contributed by atoms with Crippen molar-refractivity contribution in [1.82, 2.24) is 4.90 Å². The number of hydrogen-bond acceptors (Lipinski definition) is 3. The number of nitrogens with zero attached hydrogens (tertiary/aromatic N) is 1. The van der Waals surface area contributed by atoms with E-state index in [1.54, 1.807) is 12.1 Å². The van der Waals surface area contributed by atoms with Crippen molar-refractivity contribution in [2.24, 2.45) is 5.92 Å². The Bertz CT molecular complexity index is 450. The van der Waals surface area contributed by atoms with Crippen molar-refractivity contribution in [3.8, 4) is 0 Å². The van der Waals surface area contributed by atoms with Gasteiger partial charge < -0.3 is 15.7 Å². The van der Waals surface area contributed by atoms with E-state index in [1.165, 1.54) is 0 Å². The van der Waals surface area contributed by atoms with Gasteiger partial charge in [0.1, 0.15) is 0 Å². The number of likely N-dealkylation sites (tertiary alicyclic amines) is 1. The summed E-state index contributed by atoms with van der Waals surface area (Å²) in [5.41, 5.74) is 7.20. The number of aliphatic carboxylic acids is 1. The molecule has 1 heterocycles. The lowest BCUT2D eigenvalue weighted by atomic mass is 9.89. The van der Waals surface area contributed by atoms with Gasteiger partial charge in [0.15, 0.2) is 0 Å². The molecular formula is C12H15ClN2O2. The van der Waals surface area contributed by atoms with Crippen LogP contribution < -0.4 is 5.73 Å². The molecule has 3 N–H and O–H groups in total. The highest BCUT2D eigenvalue weighted by atomic mass is 35.5. The maximum Gasteiger partial charge on any atom is 0.308 e. The van der Waals surface area contributed by atoms with Gasteiger partial charge in [-0.1, -0.05) is 17.7 Å². The number of carboxylic acids is 1. The van der Waals surface area contributed by atoms with Crippen LogP contribution in [0, 0.1) is 5.92 Å². The molecule has 1 fully saturated rings. The zero-order valence-corrected chi connectivity index (χ0v) is 10.3. The minimum atomic E-state index is -0.757. The fourth-order valence-corrected chi connectivity index (χ4v) is 2.50.